The minimum atomic E-state index is -0.757. The van der Waals surface area contributed by atoms with E-state index in [0.717, 1.165) is 50.0 Å². The van der Waals surface area contributed by atoms with Crippen LogP contribution in [0.25, 0.3) is 0 Å². The zero-order valence-corrected chi connectivity index (χ0v) is 14.8. The zero-order valence-electron chi connectivity index (χ0n) is 14.8. The standard InChI is InChI=1S/C20H31FO2/c1-4-7-15-13-22-20(23-14-15)17-11-9-16(10-12-17)18(6-3)19(21)8-5-2/h9-12,15,18-20H,4-8,13-14H2,1-3H3. The summed E-state index contributed by atoms with van der Waals surface area (Å²) in [5.41, 5.74) is 2.11. The van der Waals surface area contributed by atoms with E-state index in [9.17, 15) is 4.39 Å². The quantitative estimate of drug-likeness (QED) is 0.604. The van der Waals surface area contributed by atoms with Crippen LogP contribution in [0.15, 0.2) is 24.3 Å². The first-order valence-electron chi connectivity index (χ1n) is 9.16. The lowest BCUT2D eigenvalue weighted by atomic mass is 9.89. The maximum atomic E-state index is 14.3. The molecule has 0 bridgehead atoms. The highest BCUT2D eigenvalue weighted by molar-refractivity contribution is 5.27. The first kappa shape index (κ1) is 18.4. The summed E-state index contributed by atoms with van der Waals surface area (Å²) >= 11 is 0. The van der Waals surface area contributed by atoms with Crippen LogP contribution in [-0.2, 0) is 9.47 Å². The molecule has 2 atom stereocenters. The molecule has 1 aromatic carbocycles. The molecule has 1 aromatic rings. The number of hydrogen-bond donors (Lipinski definition) is 0. The van der Waals surface area contributed by atoms with E-state index >= 15 is 0 Å². The van der Waals surface area contributed by atoms with E-state index in [0.29, 0.717) is 12.3 Å². The Balaban J connectivity index is 1.96. The minimum absolute atomic E-state index is 0.00822. The highest BCUT2D eigenvalue weighted by atomic mass is 19.1. The molecule has 1 aliphatic rings. The predicted molar refractivity (Wildman–Crippen MR) is 92.3 cm³/mol. The second-order valence-corrected chi connectivity index (χ2v) is 6.64. The predicted octanol–water partition coefficient (Wildman–Crippen LogP) is 5.78. The second kappa shape index (κ2) is 9.39. The smallest absolute Gasteiger partial charge is 0.183 e. The Morgan fingerprint density at radius 2 is 1.70 bits per heavy atom. The van der Waals surface area contributed by atoms with Crippen molar-refractivity contribution in [2.45, 2.75) is 71.3 Å². The lowest BCUT2D eigenvalue weighted by Crippen LogP contribution is -2.27. The third kappa shape index (κ3) is 5.02. The van der Waals surface area contributed by atoms with Gasteiger partial charge in [0, 0.05) is 17.4 Å². The highest BCUT2D eigenvalue weighted by Gasteiger charge is 2.24. The summed E-state index contributed by atoms with van der Waals surface area (Å²) in [7, 11) is 0. The number of rotatable bonds is 8. The average Bonchev–Trinajstić information content (AvgIpc) is 2.57. The van der Waals surface area contributed by atoms with Gasteiger partial charge in [-0.05, 0) is 24.8 Å². The lowest BCUT2D eigenvalue weighted by Gasteiger charge is -2.29. The van der Waals surface area contributed by atoms with Crippen LogP contribution in [0.1, 0.15) is 76.2 Å². The average molecular weight is 322 g/mol. The van der Waals surface area contributed by atoms with Crippen molar-refractivity contribution >= 4 is 0 Å². The minimum Gasteiger partial charge on any atom is -0.348 e. The van der Waals surface area contributed by atoms with Gasteiger partial charge in [0.05, 0.1) is 13.2 Å². The Hall–Kier alpha value is -0.930. The maximum Gasteiger partial charge on any atom is 0.183 e. The van der Waals surface area contributed by atoms with E-state index in [1.807, 2.05) is 31.2 Å². The fourth-order valence-electron chi connectivity index (χ4n) is 3.39. The monoisotopic (exact) mass is 322 g/mol. The fraction of sp³-hybridized carbons (Fsp3) is 0.700. The van der Waals surface area contributed by atoms with Gasteiger partial charge in [-0.15, -0.1) is 0 Å². The van der Waals surface area contributed by atoms with Crippen molar-refractivity contribution in [2.24, 2.45) is 5.92 Å². The molecule has 23 heavy (non-hydrogen) atoms. The number of benzene rings is 1. The van der Waals surface area contributed by atoms with E-state index in [1.54, 1.807) is 0 Å². The van der Waals surface area contributed by atoms with Gasteiger partial charge in [0.1, 0.15) is 6.17 Å². The van der Waals surface area contributed by atoms with Crippen LogP contribution < -0.4 is 0 Å². The van der Waals surface area contributed by atoms with Gasteiger partial charge in [-0.3, -0.25) is 0 Å². The normalized spacial score (nSPS) is 24.3. The summed E-state index contributed by atoms with van der Waals surface area (Å²) in [5, 5.41) is 0. The molecule has 1 saturated heterocycles. The van der Waals surface area contributed by atoms with Gasteiger partial charge in [-0.1, -0.05) is 57.9 Å². The summed E-state index contributed by atoms with van der Waals surface area (Å²) < 4.78 is 26.0. The summed E-state index contributed by atoms with van der Waals surface area (Å²) in [6, 6.07) is 8.14. The van der Waals surface area contributed by atoms with Crippen LogP contribution in [0, 0.1) is 5.92 Å². The van der Waals surface area contributed by atoms with Crippen LogP contribution in [-0.4, -0.2) is 19.4 Å². The molecule has 130 valence electrons. The molecular formula is C20H31FO2. The van der Waals surface area contributed by atoms with Crippen molar-refractivity contribution in [1.82, 2.24) is 0 Å². The van der Waals surface area contributed by atoms with Gasteiger partial charge in [0.25, 0.3) is 0 Å². The molecule has 0 radical (unpaired) electrons. The molecule has 1 fully saturated rings. The second-order valence-electron chi connectivity index (χ2n) is 6.64. The van der Waals surface area contributed by atoms with E-state index in [4.69, 9.17) is 9.47 Å². The summed E-state index contributed by atoms with van der Waals surface area (Å²) in [6.07, 6.45) is 3.64. The Kier molecular flexibility index (Phi) is 7.51. The van der Waals surface area contributed by atoms with Gasteiger partial charge < -0.3 is 9.47 Å². The van der Waals surface area contributed by atoms with E-state index < -0.39 is 6.17 Å². The van der Waals surface area contributed by atoms with Crippen molar-refractivity contribution in [3.63, 3.8) is 0 Å². The van der Waals surface area contributed by atoms with Crippen LogP contribution >= 0.6 is 0 Å². The van der Waals surface area contributed by atoms with Gasteiger partial charge in [-0.2, -0.15) is 0 Å². The molecule has 1 heterocycles. The Bertz CT molecular complexity index is 437. The number of ether oxygens (including phenoxy) is 2. The van der Waals surface area contributed by atoms with E-state index in [1.165, 1.54) is 0 Å². The Labute approximate surface area is 140 Å². The largest absolute Gasteiger partial charge is 0.348 e. The lowest BCUT2D eigenvalue weighted by molar-refractivity contribution is -0.206. The van der Waals surface area contributed by atoms with Crippen LogP contribution in [0.3, 0.4) is 0 Å². The molecule has 3 heteroatoms. The molecule has 0 N–H and O–H groups in total. The van der Waals surface area contributed by atoms with Gasteiger partial charge >= 0.3 is 0 Å². The molecule has 1 aliphatic heterocycles. The highest BCUT2D eigenvalue weighted by Crippen LogP contribution is 2.31. The van der Waals surface area contributed by atoms with Crippen LogP contribution in [0.4, 0.5) is 4.39 Å². The topological polar surface area (TPSA) is 18.5 Å². The summed E-state index contributed by atoms with van der Waals surface area (Å²) in [6.45, 7) is 7.81. The molecular weight excluding hydrogens is 291 g/mol. The van der Waals surface area contributed by atoms with Crippen LogP contribution in [0.5, 0.6) is 0 Å². The molecule has 2 unspecified atom stereocenters. The number of hydrogen-bond acceptors (Lipinski definition) is 2. The third-order valence-corrected chi connectivity index (χ3v) is 4.74. The fourth-order valence-corrected chi connectivity index (χ4v) is 3.39. The van der Waals surface area contributed by atoms with Crippen molar-refractivity contribution in [3.05, 3.63) is 35.4 Å². The van der Waals surface area contributed by atoms with Crippen molar-refractivity contribution in [2.75, 3.05) is 13.2 Å². The zero-order chi connectivity index (χ0) is 16.7. The summed E-state index contributed by atoms with van der Waals surface area (Å²) in [5.74, 6) is 0.507. The van der Waals surface area contributed by atoms with Crippen LogP contribution in [0.2, 0.25) is 0 Å². The maximum absolute atomic E-state index is 14.3. The van der Waals surface area contributed by atoms with Crippen molar-refractivity contribution < 1.29 is 13.9 Å². The molecule has 0 spiro atoms. The SMILES string of the molecule is CCCC1COC(c2ccc(C(CC)C(F)CCC)cc2)OC1. The molecule has 2 nitrogen and oxygen atoms in total. The Morgan fingerprint density at radius 3 is 2.22 bits per heavy atom. The number of alkyl halides is 1. The van der Waals surface area contributed by atoms with Gasteiger partial charge in [0.15, 0.2) is 6.29 Å². The molecule has 2 rings (SSSR count). The number of halogens is 1. The molecule has 0 aromatic heterocycles. The molecule has 0 amide bonds. The molecule has 0 saturated carbocycles. The van der Waals surface area contributed by atoms with Gasteiger partial charge in [-0.25, -0.2) is 4.39 Å². The molecule has 0 aliphatic carbocycles. The third-order valence-electron chi connectivity index (χ3n) is 4.74. The van der Waals surface area contributed by atoms with E-state index in [2.05, 4.69) is 13.8 Å². The van der Waals surface area contributed by atoms with E-state index in [-0.39, 0.29) is 12.2 Å². The first-order valence-corrected chi connectivity index (χ1v) is 9.16. The Morgan fingerprint density at radius 1 is 1.04 bits per heavy atom. The first-order chi connectivity index (χ1) is 11.2. The van der Waals surface area contributed by atoms with Gasteiger partial charge in [0.2, 0.25) is 0 Å². The van der Waals surface area contributed by atoms with Crippen molar-refractivity contribution in [3.8, 4) is 0 Å². The summed E-state index contributed by atoms with van der Waals surface area (Å²) in [4.78, 5) is 0. The van der Waals surface area contributed by atoms with Crippen molar-refractivity contribution in [1.29, 1.82) is 0 Å².